The number of hydrogen-bond acceptors (Lipinski definition) is 31. The number of H-pyrrole nitrogens is 3. The Kier molecular flexibility index (Phi) is 44.3. The van der Waals surface area contributed by atoms with Crippen molar-refractivity contribution in [3.63, 3.8) is 0 Å². The van der Waals surface area contributed by atoms with Crippen LogP contribution in [-0.2, 0) is 89.7 Å². The Morgan fingerprint density at radius 3 is 1.21 bits per heavy atom. The molecule has 683 valence electrons. The lowest BCUT2D eigenvalue weighted by molar-refractivity contribution is -0.265. The monoisotopic (exact) mass is 1790 g/mol. The van der Waals surface area contributed by atoms with Crippen LogP contribution in [0.2, 0.25) is 0 Å². The minimum absolute atomic E-state index is 0. The number of aromatic nitrogens is 7. The summed E-state index contributed by atoms with van der Waals surface area (Å²) in [5, 5.41) is 18.2. The van der Waals surface area contributed by atoms with Crippen LogP contribution in [0, 0.1) is 22.3 Å². The van der Waals surface area contributed by atoms with E-state index < -0.39 is 188 Å². The third-order valence-electron chi connectivity index (χ3n) is 17.5. The van der Waals surface area contributed by atoms with Crippen molar-refractivity contribution in [2.45, 2.75) is 281 Å². The molecule has 0 spiro atoms. The van der Waals surface area contributed by atoms with Crippen LogP contribution in [0.1, 0.15) is 174 Å². The van der Waals surface area contributed by atoms with Gasteiger partial charge < -0.3 is 71.2 Å². The fraction of sp³-hybridized carbons (Fsp3) is 0.729. The molecule has 9 aliphatic heterocycles. The second-order valence-corrected chi connectivity index (χ2v) is 34.7. The lowest BCUT2D eigenvalue weighted by Gasteiger charge is -2.30. The number of hydrogen-bond donors (Lipinski definition) is 7. The Hall–Kier alpha value is -7.65. The molecule has 0 amide bonds. The molecule has 0 aliphatic carbocycles. The highest BCUT2D eigenvalue weighted by atomic mass is 35.7. The number of aliphatic hydroxyl groups excluding tert-OH is 1. The third-order valence-corrected chi connectivity index (χ3v) is 20.2. The topological polar surface area (TPSA) is 552 Å². The van der Waals surface area contributed by atoms with Gasteiger partial charge >= 0.3 is 29.4 Å². The minimum atomic E-state index is -3.36. The Morgan fingerprint density at radius 1 is 0.550 bits per heavy atom. The zero-order valence-corrected chi connectivity index (χ0v) is 66.2. The molecule has 3 radical (unpaired) electrons. The number of fused-ring (bicyclic) bond motifs is 10. The Labute approximate surface area is 696 Å². The van der Waals surface area contributed by atoms with Gasteiger partial charge in [0.1, 0.15) is 37.6 Å². The van der Waals surface area contributed by atoms with E-state index in [1.165, 1.54) is 50.2 Å². The first-order valence-corrected chi connectivity index (χ1v) is 39.0. The predicted molar refractivity (Wildman–Crippen MR) is 425 cm³/mol. The molecule has 9 aliphatic rings. The van der Waals surface area contributed by atoms with E-state index >= 15 is 8.78 Å². The summed E-state index contributed by atoms with van der Waals surface area (Å²) in [4.78, 5) is 130. The SMILES string of the molecule is C.C.C.C.C.C.C.CC(C)[C@H](C)NP(C)(=O)Cl.CC(C)[C@H](C)NP(C)(=O)OC[C@@]1(F)O[C@@H](n2ccc(=O)[nH]c2=O)[C@H]2OC(C)(C)OC21.CC1(C)OC2[C@H](O1)[C@H](n1ccc(=O)[nH]c1=O)O[C@]2(F)CN=[N+]=[N-].CC1(C)OC2[C@H](O1)[C@H](n1ccc(=O)[nH]c1=O)O[C@]2(F)CO.CC1(C)OC2[C@H](O1)[C@H]1O[C@]2(F)COc2cc(=O)ccn21.N=O.O=C=O.O=C=O.[B]. The summed E-state index contributed by atoms with van der Waals surface area (Å²) in [6.45, 7) is 22.6. The zero-order valence-electron chi connectivity index (χ0n) is 63.6. The van der Waals surface area contributed by atoms with Crippen LogP contribution < -0.4 is 54.1 Å². The number of aliphatic hydroxyl groups is 1. The third kappa shape index (κ3) is 28.5. The van der Waals surface area contributed by atoms with E-state index in [4.69, 9.17) is 107 Å². The molecule has 120 heavy (non-hydrogen) atoms. The summed E-state index contributed by atoms with van der Waals surface area (Å²) >= 11 is 5.52. The van der Waals surface area contributed by atoms with Gasteiger partial charge in [0.05, 0.1) is 6.54 Å². The molecule has 8 saturated heterocycles. The molecule has 6 unspecified atom stereocenters. The van der Waals surface area contributed by atoms with Gasteiger partial charge in [-0.25, -0.2) is 37.0 Å². The van der Waals surface area contributed by atoms with Crippen LogP contribution in [-0.4, -0.2) is 206 Å². The number of alkyl halides is 4. The quantitative estimate of drug-likeness (QED) is 0.0112. The number of nitroso groups, excluding NO2 is 1. The normalized spacial score (nSPS) is 30.3. The van der Waals surface area contributed by atoms with E-state index in [2.05, 4.69) is 54.6 Å². The molecule has 4 aromatic heterocycles. The number of pyridine rings is 1. The molecule has 4 aromatic rings. The molecule has 13 rings (SSSR count). The molecule has 13 heterocycles. The van der Waals surface area contributed by atoms with Crippen molar-refractivity contribution in [1.82, 2.24) is 43.4 Å². The fourth-order valence-electron chi connectivity index (χ4n) is 12.3. The van der Waals surface area contributed by atoms with Crippen molar-refractivity contribution in [2.75, 3.05) is 39.7 Å². The van der Waals surface area contributed by atoms with Crippen molar-refractivity contribution in [1.29, 1.82) is 5.59 Å². The second-order valence-electron chi connectivity index (χ2n) is 28.7. The highest BCUT2D eigenvalue weighted by Crippen LogP contribution is 2.54. The number of rotatable bonds is 15. The number of nitrogens with one attached hydrogen (secondary N) is 6. The van der Waals surface area contributed by atoms with Gasteiger partial charge in [0.15, 0.2) is 90.4 Å². The summed E-state index contributed by atoms with van der Waals surface area (Å²) in [6, 6.07) is 6.11. The maximum atomic E-state index is 15.9. The first-order chi connectivity index (χ1) is 51.8. The fourth-order valence-corrected chi connectivity index (χ4v) is 15.3. The summed E-state index contributed by atoms with van der Waals surface area (Å²) in [6.07, 6.45) is -6.60. The van der Waals surface area contributed by atoms with Gasteiger partial charge in [0, 0.05) is 93.9 Å². The molecule has 42 nitrogen and oxygen atoms in total. The molecular weight excluding hydrogens is 1670 g/mol. The van der Waals surface area contributed by atoms with E-state index in [-0.39, 0.29) is 109 Å². The van der Waals surface area contributed by atoms with E-state index in [9.17, 15) is 56.6 Å². The molecule has 20 atom stereocenters. The molecule has 7 N–H and O–H groups in total. The van der Waals surface area contributed by atoms with Gasteiger partial charge in [-0.15, -0.1) is 0 Å². The summed E-state index contributed by atoms with van der Waals surface area (Å²) in [5.74, 6) is -12.8. The van der Waals surface area contributed by atoms with Gasteiger partial charge in [0.25, 0.3) is 41.8 Å². The van der Waals surface area contributed by atoms with Crippen LogP contribution >= 0.6 is 25.4 Å². The van der Waals surface area contributed by atoms with Crippen molar-refractivity contribution < 1.29 is 117 Å². The van der Waals surface area contributed by atoms with Crippen LogP contribution in [0.4, 0.5) is 17.6 Å². The van der Waals surface area contributed by atoms with Crippen LogP contribution in [0.25, 0.3) is 10.4 Å². The van der Waals surface area contributed by atoms with Gasteiger partial charge in [-0.2, -0.15) is 24.1 Å². The molecule has 50 heteroatoms. The first kappa shape index (κ1) is 117. The molecule has 0 aromatic carbocycles. The maximum Gasteiger partial charge on any atom is 0.373 e. The van der Waals surface area contributed by atoms with Crippen molar-refractivity contribution in [3.8, 4) is 5.88 Å². The second kappa shape index (κ2) is 45.7. The zero-order chi connectivity index (χ0) is 84.6. The lowest BCUT2D eigenvalue weighted by Crippen LogP contribution is -2.44. The molecule has 0 saturated carbocycles. The highest BCUT2D eigenvalue weighted by molar-refractivity contribution is 7.87. The van der Waals surface area contributed by atoms with Crippen LogP contribution in [0.15, 0.2) is 93.8 Å². The predicted octanol–water partition coefficient (Wildman–Crippen LogP) is 8.40. The first-order valence-electron chi connectivity index (χ1n) is 33.8. The number of aromatic amines is 3. The molecular formula is C70H116BClF4N13O29P2. The van der Waals surface area contributed by atoms with Crippen molar-refractivity contribution in [3.05, 3.63) is 143 Å². The van der Waals surface area contributed by atoms with Gasteiger partial charge in [-0.05, 0) is 97.8 Å². The molecule has 8 fully saturated rings. The van der Waals surface area contributed by atoms with Crippen LogP contribution in [0.5, 0.6) is 5.88 Å². The smallest absolute Gasteiger partial charge is 0.373 e. The average molecular weight is 1790 g/mol. The van der Waals surface area contributed by atoms with Gasteiger partial charge in [-0.3, -0.25) is 66.6 Å². The summed E-state index contributed by atoms with van der Waals surface area (Å²) in [5.41, 5.74) is 8.62. The molecule has 2 bridgehead atoms. The van der Waals surface area contributed by atoms with E-state index in [0.717, 1.165) is 31.9 Å². The average Bonchev–Trinajstić information content (AvgIpc) is 1.66. The Bertz CT molecular complexity index is 4620. The van der Waals surface area contributed by atoms with Gasteiger partial charge in [0.2, 0.25) is 12.5 Å². The van der Waals surface area contributed by atoms with E-state index in [1.807, 2.05) is 27.7 Å². The summed E-state index contributed by atoms with van der Waals surface area (Å²) < 4.78 is 166. The Balaban J connectivity index is -0.00000140. The number of ether oxygens (including phenoxy) is 13. The number of halogens is 5. The Morgan fingerprint density at radius 2 is 0.867 bits per heavy atom. The van der Waals surface area contributed by atoms with E-state index in [0.29, 0.717) is 5.92 Å². The van der Waals surface area contributed by atoms with Crippen molar-refractivity contribution in [2.24, 2.45) is 17.0 Å². The minimum Gasteiger partial charge on any atom is -0.472 e. The van der Waals surface area contributed by atoms with E-state index in [1.54, 1.807) is 60.0 Å². The van der Waals surface area contributed by atoms with Gasteiger partial charge in [-0.1, -0.05) is 90.4 Å². The standard InChI is InChI=1S/C18H29FN3O7P.C13H14FNO5.C12H14FN5O5.C12H15FN2O6.C6H15ClNOP.2CO2.7CH4.B.HNO/c1-10(2)11(3)21-30(6,25)26-9-18(19)14-13(27-17(4,5)28-14)15(29-18)22-8-7-12(23)20-16(22)24;1-12(2)18-9-10(19-12)13(14)6-17-8-5-7(16)3-4-15(8)11(9)20-13;1-11(2)21-7-8(22-11)12(13,5-15-17-14)23-9(7)18-4-3-6(19)16-10(18)20;1-11(2)19-7-8(20-11)12(13,5-16)21-9(7)15-4-3-6(17)14-10(15)18;1-5(2)6(3)8-10(4,7)9;2*2-1-3;;;;;;;;;1-2/h7-8,10-11,13-15H,9H2,1-6H3,(H,21,25)(H,20,23,24);3-5,9-11H,6H2,1-2H3;3-4,7-9H,5H2,1-2H3,(H,16,19,20);3-4,7-9,16H,5H2,1-2H3,(H,14,17,18);5-6H,1-4H3,(H,8,9);;;7*1H4;;1H/t11-,13-,14?,15+,18+,30?;9-,10?,11+,13+;2*7-,8?,9+,12+;6-,10?;;;;;;;;;;;/m00000.........../s1. The number of azide groups is 1. The number of nitrogens with zero attached hydrogens (tertiary/aromatic N) is 7. The van der Waals surface area contributed by atoms with Crippen LogP contribution in [0.3, 0.4) is 0 Å². The largest absolute Gasteiger partial charge is 0.472 e. The summed E-state index contributed by atoms with van der Waals surface area (Å²) in [7, 11) is -3.36. The lowest BCUT2D eigenvalue weighted by atomic mass is 10.1. The highest BCUT2D eigenvalue weighted by Gasteiger charge is 2.69. The van der Waals surface area contributed by atoms with Crippen molar-refractivity contribution >= 4 is 46.1 Å². The number of carbonyl (C=O) groups excluding carboxylic acids is 4. The maximum absolute atomic E-state index is 15.9.